The lowest BCUT2D eigenvalue weighted by Crippen LogP contribution is -2.56. The maximum Gasteiger partial charge on any atom is 0.0616 e. The van der Waals surface area contributed by atoms with Crippen LogP contribution >= 0.6 is 0 Å². The molecule has 2 N–H and O–H groups in total. The molecule has 0 bridgehead atoms. The van der Waals surface area contributed by atoms with Gasteiger partial charge in [0.15, 0.2) is 0 Å². The van der Waals surface area contributed by atoms with E-state index in [0.29, 0.717) is 18.6 Å². The predicted molar refractivity (Wildman–Crippen MR) is 58.2 cm³/mol. The molecule has 2 unspecified atom stereocenters. The summed E-state index contributed by atoms with van der Waals surface area (Å²) in [7, 11) is 0. The monoisotopic (exact) mass is 197 g/mol. The molecule has 0 aromatic carbocycles. The molecule has 82 valence electrons. The topological polar surface area (TPSA) is 32.3 Å². The fourth-order valence-corrected chi connectivity index (χ4v) is 2.98. The lowest BCUT2D eigenvalue weighted by atomic mass is 9.72. The minimum atomic E-state index is 0.0775. The highest BCUT2D eigenvalue weighted by Gasteiger charge is 2.42. The van der Waals surface area contributed by atoms with E-state index in [-0.39, 0.29) is 5.54 Å². The van der Waals surface area contributed by atoms with Crippen LogP contribution in [0.5, 0.6) is 0 Å². The van der Waals surface area contributed by atoms with Crippen molar-refractivity contribution in [1.82, 2.24) is 5.32 Å². The van der Waals surface area contributed by atoms with Crippen LogP contribution in [0.4, 0.5) is 0 Å². The van der Waals surface area contributed by atoms with Gasteiger partial charge in [-0.15, -0.1) is 0 Å². The molecule has 2 nitrogen and oxygen atoms in total. The highest BCUT2D eigenvalue weighted by molar-refractivity contribution is 5.00. The number of nitrogens with one attached hydrogen (secondary N) is 1. The lowest BCUT2D eigenvalue weighted by Gasteiger charge is -2.44. The third-order valence-electron chi connectivity index (χ3n) is 4.05. The molecule has 2 fully saturated rings. The van der Waals surface area contributed by atoms with Gasteiger partial charge in [0.25, 0.3) is 0 Å². The van der Waals surface area contributed by atoms with Crippen molar-refractivity contribution in [3.8, 4) is 0 Å². The first-order chi connectivity index (χ1) is 6.80. The molecular weight excluding hydrogens is 174 g/mol. The van der Waals surface area contributed by atoms with Crippen molar-refractivity contribution in [3.05, 3.63) is 0 Å². The van der Waals surface area contributed by atoms with Crippen LogP contribution in [-0.4, -0.2) is 23.3 Å². The molecule has 0 heterocycles. The summed E-state index contributed by atoms with van der Waals surface area (Å²) in [4.78, 5) is 0. The van der Waals surface area contributed by atoms with Crippen molar-refractivity contribution in [2.45, 2.75) is 63.5 Å². The van der Waals surface area contributed by atoms with Gasteiger partial charge in [0.05, 0.1) is 6.61 Å². The van der Waals surface area contributed by atoms with Gasteiger partial charge in [-0.2, -0.15) is 0 Å². The largest absolute Gasteiger partial charge is 0.394 e. The molecule has 2 heteroatoms. The maximum absolute atomic E-state index is 9.66. The van der Waals surface area contributed by atoms with Crippen molar-refractivity contribution in [2.24, 2.45) is 5.92 Å². The smallest absolute Gasteiger partial charge is 0.0616 e. The number of hydrogen-bond acceptors (Lipinski definition) is 2. The van der Waals surface area contributed by atoms with Crippen LogP contribution in [0.25, 0.3) is 0 Å². The molecule has 0 aromatic rings. The van der Waals surface area contributed by atoms with Crippen LogP contribution in [0.2, 0.25) is 0 Å². The Morgan fingerprint density at radius 2 is 2.07 bits per heavy atom. The van der Waals surface area contributed by atoms with E-state index in [0.717, 1.165) is 0 Å². The molecule has 0 aliphatic heterocycles. The molecule has 0 radical (unpaired) electrons. The summed E-state index contributed by atoms with van der Waals surface area (Å²) in [5, 5.41) is 13.4. The zero-order valence-electron chi connectivity index (χ0n) is 9.26. The molecule has 0 aromatic heterocycles. The second kappa shape index (κ2) is 4.19. The predicted octanol–water partition coefficient (Wildman–Crippen LogP) is 2.07. The third-order valence-corrected chi connectivity index (χ3v) is 4.05. The Morgan fingerprint density at radius 1 is 1.29 bits per heavy atom. The normalized spacial score (nSPS) is 38.6. The quantitative estimate of drug-likeness (QED) is 0.723. The minimum absolute atomic E-state index is 0.0775. The molecule has 14 heavy (non-hydrogen) atoms. The first kappa shape index (κ1) is 10.4. The zero-order valence-corrected chi connectivity index (χ0v) is 9.26. The van der Waals surface area contributed by atoms with E-state index in [1.54, 1.807) is 0 Å². The van der Waals surface area contributed by atoms with E-state index in [1.165, 1.54) is 44.9 Å². The van der Waals surface area contributed by atoms with E-state index in [4.69, 9.17) is 0 Å². The van der Waals surface area contributed by atoms with Crippen molar-refractivity contribution < 1.29 is 5.11 Å². The van der Waals surface area contributed by atoms with Gasteiger partial charge in [0.1, 0.15) is 0 Å². The number of aliphatic hydroxyl groups is 1. The van der Waals surface area contributed by atoms with Gasteiger partial charge in [-0.25, -0.2) is 0 Å². The summed E-state index contributed by atoms with van der Waals surface area (Å²) < 4.78 is 0. The molecule has 2 aliphatic rings. The average molecular weight is 197 g/mol. The van der Waals surface area contributed by atoms with Gasteiger partial charge in [-0.05, 0) is 31.6 Å². The molecule has 2 saturated carbocycles. The Hall–Kier alpha value is -0.0800. The van der Waals surface area contributed by atoms with Gasteiger partial charge < -0.3 is 10.4 Å². The Morgan fingerprint density at radius 3 is 2.64 bits per heavy atom. The fraction of sp³-hybridized carbons (Fsp3) is 1.00. The number of hydrogen-bond donors (Lipinski definition) is 2. The summed E-state index contributed by atoms with van der Waals surface area (Å²) in [5.74, 6) is 0.696. The lowest BCUT2D eigenvalue weighted by molar-refractivity contribution is 0.0622. The van der Waals surface area contributed by atoms with E-state index >= 15 is 0 Å². The van der Waals surface area contributed by atoms with Crippen molar-refractivity contribution in [1.29, 1.82) is 0 Å². The highest BCUT2D eigenvalue weighted by atomic mass is 16.3. The van der Waals surface area contributed by atoms with E-state index in [1.807, 2.05) is 0 Å². The van der Waals surface area contributed by atoms with Crippen LogP contribution in [0.15, 0.2) is 0 Å². The Balaban J connectivity index is 2.03. The van der Waals surface area contributed by atoms with E-state index < -0.39 is 0 Å². The summed E-state index contributed by atoms with van der Waals surface area (Å²) in [5.41, 5.74) is 0.0775. The fourth-order valence-electron chi connectivity index (χ4n) is 2.98. The Bertz CT molecular complexity index is 191. The van der Waals surface area contributed by atoms with Crippen LogP contribution in [0.1, 0.15) is 51.9 Å². The summed E-state index contributed by atoms with van der Waals surface area (Å²) in [6.07, 6.45) is 8.97. The van der Waals surface area contributed by atoms with Crippen LogP contribution in [0.3, 0.4) is 0 Å². The number of rotatable bonds is 4. The van der Waals surface area contributed by atoms with Gasteiger partial charge in [-0.3, -0.25) is 0 Å². The third kappa shape index (κ3) is 1.96. The maximum atomic E-state index is 9.66. The molecule has 0 spiro atoms. The van der Waals surface area contributed by atoms with Gasteiger partial charge >= 0.3 is 0 Å². The summed E-state index contributed by atoms with van der Waals surface area (Å²) >= 11 is 0. The van der Waals surface area contributed by atoms with Gasteiger partial charge in [-0.1, -0.05) is 26.2 Å². The number of aliphatic hydroxyl groups excluding tert-OH is 1. The average Bonchev–Trinajstić information content (AvgIpc) is 3.02. The standard InChI is InChI=1S/C12H23NO/c1-2-10-5-3-4-8-12(10,9-14)13-11-6-7-11/h10-11,13-14H,2-9H2,1H3. The molecule has 2 rings (SSSR count). The second-order valence-electron chi connectivity index (χ2n) is 5.08. The molecule has 2 atom stereocenters. The SMILES string of the molecule is CCC1CCCCC1(CO)NC1CC1. The van der Waals surface area contributed by atoms with E-state index in [9.17, 15) is 5.11 Å². The van der Waals surface area contributed by atoms with Crippen LogP contribution < -0.4 is 5.32 Å². The highest BCUT2D eigenvalue weighted by Crippen LogP contribution is 2.38. The molecule has 0 amide bonds. The summed E-state index contributed by atoms with van der Waals surface area (Å²) in [6, 6.07) is 0.717. The molecular formula is C12H23NO. The van der Waals surface area contributed by atoms with Crippen LogP contribution in [0, 0.1) is 5.92 Å². The Labute approximate surface area is 87.1 Å². The minimum Gasteiger partial charge on any atom is -0.394 e. The van der Waals surface area contributed by atoms with Crippen molar-refractivity contribution >= 4 is 0 Å². The summed E-state index contributed by atoms with van der Waals surface area (Å²) in [6.45, 7) is 2.59. The van der Waals surface area contributed by atoms with Gasteiger partial charge in [0.2, 0.25) is 0 Å². The second-order valence-corrected chi connectivity index (χ2v) is 5.08. The van der Waals surface area contributed by atoms with E-state index in [2.05, 4.69) is 12.2 Å². The molecule has 2 aliphatic carbocycles. The zero-order chi connectivity index (χ0) is 10.0. The van der Waals surface area contributed by atoms with Gasteiger partial charge in [0, 0.05) is 11.6 Å². The van der Waals surface area contributed by atoms with Crippen LogP contribution in [-0.2, 0) is 0 Å². The first-order valence-corrected chi connectivity index (χ1v) is 6.19. The molecule has 0 saturated heterocycles. The first-order valence-electron chi connectivity index (χ1n) is 6.19. The van der Waals surface area contributed by atoms with Crippen molar-refractivity contribution in [3.63, 3.8) is 0 Å². The Kier molecular flexibility index (Phi) is 3.13. The van der Waals surface area contributed by atoms with Crippen molar-refractivity contribution in [2.75, 3.05) is 6.61 Å².